The van der Waals surface area contributed by atoms with E-state index in [0.717, 1.165) is 0 Å². The molecule has 6 N–H and O–H groups in total. The smallest absolute Gasteiger partial charge is 0.382 e. The molecular weight excluding hydrogens is 392 g/mol. The summed E-state index contributed by atoms with van der Waals surface area (Å²) in [6, 6.07) is -0.337. The summed E-state index contributed by atoms with van der Waals surface area (Å²) in [7, 11) is -9.52. The fraction of sp³-hybridized carbons (Fsp3) is 0.545. The van der Waals surface area contributed by atoms with E-state index in [1.807, 2.05) is 0 Å². The lowest BCUT2D eigenvalue weighted by Crippen LogP contribution is -2.21. The van der Waals surface area contributed by atoms with Crippen LogP contribution in [-0.2, 0) is 18.2 Å². The molecule has 0 amide bonds. The molecule has 3 atom stereocenters. The van der Waals surface area contributed by atoms with E-state index >= 15 is 0 Å². The van der Waals surface area contributed by atoms with Crippen molar-refractivity contribution in [2.45, 2.75) is 25.0 Å². The molecule has 0 aromatic carbocycles. The van der Waals surface area contributed by atoms with Crippen molar-refractivity contribution in [2.24, 2.45) is 5.92 Å². The van der Waals surface area contributed by atoms with Gasteiger partial charge in [0.2, 0.25) is 0 Å². The standard InChI is InChI=1S/C11H17N5O8P2/c12-10-9-11(14-4-13-10)16(5-15-9)7-1-6(3-23-25(17,18)19)8(2-7)24-26(20,21)22/h4-8H,1-3H2,(H2,12,13,14)(H2,17,18,19)(H2,20,21,22)/t6-,7-,8+/m1/s1. The van der Waals surface area contributed by atoms with E-state index in [0.29, 0.717) is 11.2 Å². The van der Waals surface area contributed by atoms with Crippen molar-refractivity contribution in [1.82, 2.24) is 19.5 Å². The second-order valence-corrected chi connectivity index (χ2v) is 8.32. The molecule has 0 radical (unpaired) electrons. The van der Waals surface area contributed by atoms with Gasteiger partial charge >= 0.3 is 15.6 Å². The lowest BCUT2D eigenvalue weighted by atomic mass is 10.1. The minimum atomic E-state index is -4.80. The maximum atomic E-state index is 11.2. The summed E-state index contributed by atoms with van der Waals surface area (Å²) < 4.78 is 33.1. The molecule has 13 nitrogen and oxygen atoms in total. The zero-order chi connectivity index (χ0) is 19.1. The second-order valence-electron chi connectivity index (χ2n) is 5.89. The van der Waals surface area contributed by atoms with Crippen LogP contribution in [0.2, 0.25) is 0 Å². The summed E-state index contributed by atoms with van der Waals surface area (Å²) in [5.41, 5.74) is 6.56. The van der Waals surface area contributed by atoms with E-state index in [1.54, 1.807) is 4.57 Å². The van der Waals surface area contributed by atoms with Crippen LogP contribution in [0.3, 0.4) is 0 Å². The number of nitrogens with two attached hydrogens (primary N) is 1. The third-order valence-electron chi connectivity index (χ3n) is 4.11. The number of nitrogens with zero attached hydrogens (tertiary/aromatic N) is 4. The summed E-state index contributed by atoms with van der Waals surface area (Å²) >= 11 is 0. The summed E-state index contributed by atoms with van der Waals surface area (Å²) in [5.74, 6) is -0.465. The highest BCUT2D eigenvalue weighted by molar-refractivity contribution is 7.46. The van der Waals surface area contributed by atoms with Crippen molar-refractivity contribution in [1.29, 1.82) is 0 Å². The first-order valence-electron chi connectivity index (χ1n) is 7.40. The van der Waals surface area contributed by atoms with Gasteiger partial charge in [0.15, 0.2) is 11.5 Å². The Morgan fingerprint density at radius 1 is 1.15 bits per heavy atom. The van der Waals surface area contributed by atoms with Crippen LogP contribution in [0.4, 0.5) is 5.82 Å². The van der Waals surface area contributed by atoms with E-state index in [9.17, 15) is 9.13 Å². The Hall–Kier alpha value is -1.43. The van der Waals surface area contributed by atoms with Crippen LogP contribution in [0.1, 0.15) is 18.9 Å². The van der Waals surface area contributed by atoms with Crippen LogP contribution in [0.25, 0.3) is 11.2 Å². The molecule has 2 aromatic rings. The molecular formula is C11H17N5O8P2. The normalized spacial score (nSPS) is 24.4. The van der Waals surface area contributed by atoms with Crippen molar-refractivity contribution >= 4 is 32.6 Å². The Kier molecular flexibility index (Phi) is 5.17. The molecule has 26 heavy (non-hydrogen) atoms. The molecule has 0 aliphatic heterocycles. The fourth-order valence-corrected chi connectivity index (χ4v) is 4.09. The van der Waals surface area contributed by atoms with Gasteiger partial charge in [-0.05, 0) is 12.8 Å². The molecule has 0 bridgehead atoms. The van der Waals surface area contributed by atoms with Gasteiger partial charge in [0, 0.05) is 12.0 Å². The number of anilines is 1. The van der Waals surface area contributed by atoms with Gasteiger partial charge in [-0.3, -0.25) is 9.05 Å². The predicted octanol–water partition coefficient (Wildman–Crippen LogP) is -0.0532. The number of fused-ring (bicyclic) bond motifs is 1. The molecule has 0 unspecified atom stereocenters. The number of hydrogen-bond acceptors (Lipinski definition) is 8. The molecule has 2 aromatic heterocycles. The lowest BCUT2D eigenvalue weighted by molar-refractivity contribution is 0.0738. The van der Waals surface area contributed by atoms with Crippen LogP contribution in [-0.4, -0.2) is 51.8 Å². The number of phosphoric ester groups is 2. The number of hydrogen-bond donors (Lipinski definition) is 5. The molecule has 15 heteroatoms. The number of rotatable bonds is 6. The molecule has 144 valence electrons. The molecule has 1 fully saturated rings. The average molecular weight is 409 g/mol. The highest BCUT2D eigenvalue weighted by Crippen LogP contribution is 2.48. The van der Waals surface area contributed by atoms with Crippen LogP contribution >= 0.6 is 15.6 Å². The Morgan fingerprint density at radius 2 is 1.88 bits per heavy atom. The zero-order valence-corrected chi connectivity index (χ0v) is 15.0. The van der Waals surface area contributed by atoms with E-state index < -0.39 is 34.3 Å². The topological polar surface area (TPSA) is 203 Å². The third kappa shape index (κ3) is 4.45. The molecule has 0 saturated heterocycles. The summed E-state index contributed by atoms with van der Waals surface area (Å²) in [4.78, 5) is 48.0. The molecule has 1 saturated carbocycles. The van der Waals surface area contributed by atoms with Crippen LogP contribution in [0, 0.1) is 5.92 Å². The maximum Gasteiger partial charge on any atom is 0.469 e. The highest BCUT2D eigenvalue weighted by Gasteiger charge is 2.41. The molecule has 3 rings (SSSR count). The van der Waals surface area contributed by atoms with Gasteiger partial charge < -0.3 is 29.9 Å². The molecule has 1 aliphatic carbocycles. The van der Waals surface area contributed by atoms with Gasteiger partial charge in [-0.1, -0.05) is 0 Å². The third-order valence-corrected chi connectivity index (χ3v) is 5.15. The van der Waals surface area contributed by atoms with Crippen molar-refractivity contribution in [3.8, 4) is 0 Å². The van der Waals surface area contributed by atoms with Crippen LogP contribution < -0.4 is 5.73 Å². The van der Waals surface area contributed by atoms with Gasteiger partial charge in [0.05, 0.1) is 19.0 Å². The Balaban J connectivity index is 1.85. The molecule has 0 spiro atoms. The number of nitrogen functional groups attached to an aromatic ring is 1. The average Bonchev–Trinajstić information content (AvgIpc) is 3.07. The van der Waals surface area contributed by atoms with E-state index in [2.05, 4.69) is 19.5 Å². The monoisotopic (exact) mass is 409 g/mol. The quantitative estimate of drug-likeness (QED) is 0.398. The number of phosphoric acid groups is 2. The van der Waals surface area contributed by atoms with Crippen molar-refractivity contribution in [3.63, 3.8) is 0 Å². The predicted molar refractivity (Wildman–Crippen MR) is 86.4 cm³/mol. The second kappa shape index (κ2) is 6.95. The van der Waals surface area contributed by atoms with Crippen LogP contribution in [0.5, 0.6) is 0 Å². The van der Waals surface area contributed by atoms with Gasteiger partial charge in [0.1, 0.15) is 11.8 Å². The largest absolute Gasteiger partial charge is 0.469 e. The summed E-state index contributed by atoms with van der Waals surface area (Å²) in [5, 5.41) is 0. The van der Waals surface area contributed by atoms with E-state index in [-0.39, 0.29) is 24.7 Å². The lowest BCUT2D eigenvalue weighted by Gasteiger charge is -2.19. The number of imidazole rings is 1. The maximum absolute atomic E-state index is 11.2. The van der Waals surface area contributed by atoms with Gasteiger partial charge in [-0.25, -0.2) is 24.1 Å². The first-order valence-corrected chi connectivity index (χ1v) is 10.5. The minimum absolute atomic E-state index is 0.162. The summed E-state index contributed by atoms with van der Waals surface area (Å²) in [6.07, 6.45) is 2.21. The minimum Gasteiger partial charge on any atom is -0.382 e. The Morgan fingerprint density at radius 3 is 2.54 bits per heavy atom. The first kappa shape index (κ1) is 19.3. The van der Waals surface area contributed by atoms with E-state index in [1.165, 1.54) is 12.7 Å². The SMILES string of the molecule is Nc1ncnc2c1ncn2[C@@H]1C[C@H](COP(=O)(O)O)[C@@H](OP(=O)(O)O)C1. The molecule has 1 aliphatic rings. The van der Waals surface area contributed by atoms with Gasteiger partial charge in [0.25, 0.3) is 0 Å². The first-order chi connectivity index (χ1) is 12.0. The van der Waals surface area contributed by atoms with E-state index in [4.69, 9.17) is 29.8 Å². The van der Waals surface area contributed by atoms with Gasteiger partial charge in [-0.2, -0.15) is 0 Å². The van der Waals surface area contributed by atoms with Gasteiger partial charge in [-0.15, -0.1) is 0 Å². The van der Waals surface area contributed by atoms with Crippen molar-refractivity contribution in [2.75, 3.05) is 12.3 Å². The van der Waals surface area contributed by atoms with Crippen LogP contribution in [0.15, 0.2) is 12.7 Å². The Bertz CT molecular complexity index is 894. The van der Waals surface area contributed by atoms with Crippen molar-refractivity contribution in [3.05, 3.63) is 12.7 Å². The summed E-state index contributed by atoms with van der Waals surface area (Å²) in [6.45, 7) is -0.421. The Labute approximate surface area is 146 Å². The zero-order valence-electron chi connectivity index (χ0n) is 13.2. The number of aromatic nitrogens is 4. The van der Waals surface area contributed by atoms with Crippen molar-refractivity contribution < 1.29 is 37.8 Å². The molecule has 2 heterocycles. The highest BCUT2D eigenvalue weighted by atomic mass is 31.2. The fourth-order valence-electron chi connectivity index (χ4n) is 3.10.